The van der Waals surface area contributed by atoms with Crippen LogP contribution in [0.25, 0.3) is 22.4 Å². The molecule has 0 aliphatic rings. The van der Waals surface area contributed by atoms with E-state index in [1.807, 2.05) is 30.3 Å². The average molecular weight is 238 g/mol. The molecule has 5 heteroatoms. The molecule has 1 aromatic carbocycles. The minimum atomic E-state index is 0.652. The van der Waals surface area contributed by atoms with E-state index in [4.69, 9.17) is 0 Å². The Morgan fingerprint density at radius 3 is 3.00 bits per heavy atom. The van der Waals surface area contributed by atoms with E-state index in [9.17, 15) is 4.79 Å². The van der Waals surface area contributed by atoms with Gasteiger partial charge in [-0.1, -0.05) is 0 Å². The number of hydrogen-bond donors (Lipinski definition) is 2. The smallest absolute Gasteiger partial charge is 0.211 e. The largest absolute Gasteiger partial charge is 0.338 e. The van der Waals surface area contributed by atoms with Crippen molar-refractivity contribution in [2.24, 2.45) is 0 Å². The summed E-state index contributed by atoms with van der Waals surface area (Å²) in [5, 5.41) is 2.61. The molecular weight excluding hydrogens is 228 g/mol. The maximum Gasteiger partial charge on any atom is 0.211 e. The fraction of sp³-hybridized carbons (Fsp3) is 0. The number of rotatable bonds is 3. The van der Waals surface area contributed by atoms with Gasteiger partial charge in [0, 0.05) is 23.6 Å². The average Bonchev–Trinajstić information content (AvgIpc) is 2.83. The summed E-state index contributed by atoms with van der Waals surface area (Å²) >= 11 is 0. The molecule has 0 radical (unpaired) electrons. The molecule has 2 aromatic heterocycles. The third-order valence-corrected chi connectivity index (χ3v) is 2.64. The Balaban J connectivity index is 2.08. The number of hydrogen-bond acceptors (Lipinski definition) is 3. The predicted molar refractivity (Wildman–Crippen MR) is 69.0 cm³/mol. The zero-order valence-electron chi connectivity index (χ0n) is 9.42. The number of nitrogens with zero attached hydrogens (tertiary/aromatic N) is 2. The van der Waals surface area contributed by atoms with Crippen molar-refractivity contribution in [3.8, 4) is 11.4 Å². The van der Waals surface area contributed by atoms with Gasteiger partial charge in [0.2, 0.25) is 6.41 Å². The van der Waals surface area contributed by atoms with E-state index in [-0.39, 0.29) is 0 Å². The molecule has 0 spiro atoms. The van der Waals surface area contributed by atoms with Gasteiger partial charge in [-0.3, -0.25) is 9.78 Å². The van der Waals surface area contributed by atoms with Crippen LogP contribution in [-0.4, -0.2) is 21.4 Å². The number of aromatic nitrogens is 3. The van der Waals surface area contributed by atoms with Crippen molar-refractivity contribution >= 4 is 23.1 Å². The molecule has 1 amide bonds. The first-order chi connectivity index (χ1) is 8.86. The van der Waals surface area contributed by atoms with Gasteiger partial charge in [-0.2, -0.15) is 0 Å². The van der Waals surface area contributed by atoms with Gasteiger partial charge in [0.15, 0.2) is 0 Å². The molecule has 2 N–H and O–H groups in total. The first-order valence-electron chi connectivity index (χ1n) is 5.47. The number of carbonyl (C=O) groups is 1. The van der Waals surface area contributed by atoms with Gasteiger partial charge in [-0.05, 0) is 30.3 Å². The van der Waals surface area contributed by atoms with Gasteiger partial charge in [0.05, 0.1) is 11.0 Å². The lowest BCUT2D eigenvalue weighted by molar-refractivity contribution is -0.105. The van der Waals surface area contributed by atoms with Crippen molar-refractivity contribution in [2.45, 2.75) is 0 Å². The summed E-state index contributed by atoms with van der Waals surface area (Å²) in [6.45, 7) is 0. The fourth-order valence-electron chi connectivity index (χ4n) is 1.81. The Morgan fingerprint density at radius 1 is 1.28 bits per heavy atom. The van der Waals surface area contributed by atoms with E-state index in [2.05, 4.69) is 20.3 Å². The molecule has 3 rings (SSSR count). The lowest BCUT2D eigenvalue weighted by Gasteiger charge is -1.96. The van der Waals surface area contributed by atoms with Gasteiger partial charge in [-0.15, -0.1) is 0 Å². The van der Waals surface area contributed by atoms with Crippen LogP contribution in [0, 0.1) is 0 Å². The Morgan fingerprint density at radius 2 is 2.22 bits per heavy atom. The van der Waals surface area contributed by atoms with Crippen molar-refractivity contribution in [3.05, 3.63) is 42.7 Å². The molecule has 88 valence electrons. The minimum Gasteiger partial charge on any atom is -0.338 e. The fourth-order valence-corrected chi connectivity index (χ4v) is 1.81. The van der Waals surface area contributed by atoms with Crippen LogP contribution in [0.2, 0.25) is 0 Å². The third-order valence-electron chi connectivity index (χ3n) is 2.64. The van der Waals surface area contributed by atoms with E-state index < -0.39 is 0 Å². The summed E-state index contributed by atoms with van der Waals surface area (Å²) in [5.74, 6) is 0.765. The molecular formula is C13H10N4O. The number of benzene rings is 1. The Labute approximate surface area is 103 Å². The summed E-state index contributed by atoms with van der Waals surface area (Å²) < 4.78 is 0. The molecule has 2 heterocycles. The standard InChI is InChI=1S/C13H10N4O/c18-8-15-10-3-4-11-12(6-10)17-13(16-11)9-2-1-5-14-7-9/h1-8H,(H,15,18)(H,16,17). The molecule has 0 saturated heterocycles. The molecule has 0 atom stereocenters. The lowest BCUT2D eigenvalue weighted by atomic mass is 10.3. The first-order valence-corrected chi connectivity index (χ1v) is 5.47. The monoisotopic (exact) mass is 238 g/mol. The van der Waals surface area contributed by atoms with Crippen LogP contribution < -0.4 is 5.32 Å². The highest BCUT2D eigenvalue weighted by Gasteiger charge is 2.05. The lowest BCUT2D eigenvalue weighted by Crippen LogP contribution is -1.92. The molecule has 0 fully saturated rings. The number of imidazole rings is 1. The van der Waals surface area contributed by atoms with Gasteiger partial charge in [-0.25, -0.2) is 4.98 Å². The summed E-state index contributed by atoms with van der Waals surface area (Å²) in [4.78, 5) is 22.1. The Bertz CT molecular complexity index is 691. The van der Waals surface area contributed by atoms with Crippen LogP contribution in [0.4, 0.5) is 5.69 Å². The van der Waals surface area contributed by atoms with Crippen LogP contribution in [-0.2, 0) is 4.79 Å². The van der Waals surface area contributed by atoms with Crippen molar-refractivity contribution in [2.75, 3.05) is 5.32 Å². The summed E-state index contributed by atoms with van der Waals surface area (Å²) in [7, 11) is 0. The van der Waals surface area contributed by atoms with Crippen molar-refractivity contribution in [1.29, 1.82) is 0 Å². The molecule has 3 aromatic rings. The van der Waals surface area contributed by atoms with E-state index in [0.717, 1.165) is 28.1 Å². The normalized spacial score (nSPS) is 10.4. The van der Waals surface area contributed by atoms with Crippen LogP contribution in [0.15, 0.2) is 42.7 Å². The maximum absolute atomic E-state index is 10.4. The summed E-state index contributed by atoms with van der Waals surface area (Å²) in [6, 6.07) is 9.32. The Hall–Kier alpha value is -2.69. The van der Waals surface area contributed by atoms with Crippen molar-refractivity contribution < 1.29 is 4.79 Å². The van der Waals surface area contributed by atoms with E-state index >= 15 is 0 Å². The molecule has 5 nitrogen and oxygen atoms in total. The maximum atomic E-state index is 10.4. The number of nitrogens with one attached hydrogen (secondary N) is 2. The molecule has 0 saturated carbocycles. The van der Waals surface area contributed by atoms with Gasteiger partial charge in [0.25, 0.3) is 0 Å². The molecule has 0 unspecified atom stereocenters. The summed E-state index contributed by atoms with van der Waals surface area (Å²) in [5.41, 5.74) is 3.39. The highest BCUT2D eigenvalue weighted by atomic mass is 16.1. The third kappa shape index (κ3) is 1.82. The van der Waals surface area contributed by atoms with Crippen LogP contribution >= 0.6 is 0 Å². The van der Waals surface area contributed by atoms with Gasteiger partial charge < -0.3 is 10.3 Å². The predicted octanol–water partition coefficient (Wildman–Crippen LogP) is 2.19. The number of H-pyrrole nitrogens is 1. The zero-order valence-corrected chi connectivity index (χ0v) is 9.42. The zero-order chi connectivity index (χ0) is 12.4. The second-order valence-corrected chi connectivity index (χ2v) is 3.82. The number of aromatic amines is 1. The van der Waals surface area contributed by atoms with Gasteiger partial charge >= 0.3 is 0 Å². The van der Waals surface area contributed by atoms with Crippen LogP contribution in [0.3, 0.4) is 0 Å². The quantitative estimate of drug-likeness (QED) is 0.687. The highest BCUT2D eigenvalue weighted by molar-refractivity contribution is 5.85. The second kappa shape index (κ2) is 4.29. The first kappa shape index (κ1) is 10.5. The number of anilines is 1. The van der Waals surface area contributed by atoms with Crippen LogP contribution in [0.1, 0.15) is 0 Å². The van der Waals surface area contributed by atoms with E-state index in [1.54, 1.807) is 12.4 Å². The summed E-state index contributed by atoms with van der Waals surface area (Å²) in [6.07, 6.45) is 4.13. The molecule has 0 bridgehead atoms. The Kier molecular flexibility index (Phi) is 2.49. The number of carbonyl (C=O) groups excluding carboxylic acids is 1. The van der Waals surface area contributed by atoms with Crippen LogP contribution in [0.5, 0.6) is 0 Å². The highest BCUT2D eigenvalue weighted by Crippen LogP contribution is 2.21. The molecule has 0 aliphatic heterocycles. The van der Waals surface area contributed by atoms with E-state index in [1.165, 1.54) is 0 Å². The second-order valence-electron chi connectivity index (χ2n) is 3.82. The van der Waals surface area contributed by atoms with Gasteiger partial charge in [0.1, 0.15) is 5.82 Å². The molecule has 18 heavy (non-hydrogen) atoms. The number of pyridine rings is 1. The van der Waals surface area contributed by atoms with E-state index in [0.29, 0.717) is 6.41 Å². The number of amides is 1. The minimum absolute atomic E-state index is 0.652. The SMILES string of the molecule is O=CNc1ccc2nc(-c3cccnc3)[nH]c2c1. The van der Waals surface area contributed by atoms with Crippen molar-refractivity contribution in [3.63, 3.8) is 0 Å². The topological polar surface area (TPSA) is 70.7 Å². The number of fused-ring (bicyclic) bond motifs is 1. The molecule has 0 aliphatic carbocycles. The van der Waals surface area contributed by atoms with Crippen molar-refractivity contribution in [1.82, 2.24) is 15.0 Å².